The van der Waals surface area contributed by atoms with E-state index in [1.165, 1.54) is 12.8 Å². The highest BCUT2D eigenvalue weighted by atomic mass is 14.8. The van der Waals surface area contributed by atoms with Gasteiger partial charge in [-0.25, -0.2) is 0 Å². The van der Waals surface area contributed by atoms with E-state index in [9.17, 15) is 0 Å². The van der Waals surface area contributed by atoms with Gasteiger partial charge in [0.05, 0.1) is 0 Å². The summed E-state index contributed by atoms with van der Waals surface area (Å²) in [5.41, 5.74) is 6.45. The minimum absolute atomic E-state index is 0.0695. The van der Waals surface area contributed by atoms with Crippen LogP contribution in [-0.2, 0) is 0 Å². The van der Waals surface area contributed by atoms with Crippen LogP contribution < -0.4 is 5.73 Å². The van der Waals surface area contributed by atoms with Crippen LogP contribution >= 0.6 is 0 Å². The zero-order chi connectivity index (χ0) is 10.2. The highest BCUT2D eigenvalue weighted by Gasteiger charge is 2.42. The Hall–Kier alpha value is -0.0400. The van der Waals surface area contributed by atoms with Crippen LogP contribution in [0.5, 0.6) is 0 Å². The monoisotopic (exact) mass is 183 g/mol. The molecule has 1 fully saturated rings. The minimum Gasteiger partial charge on any atom is -0.325 e. The predicted molar refractivity (Wildman–Crippen MR) is 58.5 cm³/mol. The van der Waals surface area contributed by atoms with E-state index in [1.807, 2.05) is 0 Å². The molecule has 0 bridgehead atoms. The van der Waals surface area contributed by atoms with Gasteiger partial charge in [-0.1, -0.05) is 34.1 Å². The molecule has 0 amide bonds. The lowest BCUT2D eigenvalue weighted by Gasteiger charge is -2.48. The molecular formula is C12H25N. The Bertz CT molecular complexity index is 174. The molecule has 5 atom stereocenters. The van der Waals surface area contributed by atoms with Gasteiger partial charge in [0.15, 0.2) is 0 Å². The lowest BCUT2D eigenvalue weighted by atomic mass is 9.60. The van der Waals surface area contributed by atoms with Crippen LogP contribution in [0.25, 0.3) is 0 Å². The maximum Gasteiger partial charge on any atom is 0.0159 e. The smallest absolute Gasteiger partial charge is 0.0159 e. The lowest BCUT2D eigenvalue weighted by molar-refractivity contribution is 0.0490. The van der Waals surface area contributed by atoms with E-state index >= 15 is 0 Å². The Morgan fingerprint density at radius 1 is 1.23 bits per heavy atom. The van der Waals surface area contributed by atoms with Gasteiger partial charge >= 0.3 is 0 Å². The third-order valence-electron chi connectivity index (χ3n) is 4.41. The van der Waals surface area contributed by atoms with Crippen molar-refractivity contribution in [3.8, 4) is 0 Å². The maximum atomic E-state index is 6.38. The molecule has 0 saturated heterocycles. The molecule has 2 N–H and O–H groups in total. The molecule has 0 aromatic heterocycles. The normalized spacial score (nSPS) is 52.2. The summed E-state index contributed by atoms with van der Waals surface area (Å²) in [7, 11) is 0. The number of hydrogen-bond acceptors (Lipinski definition) is 1. The van der Waals surface area contributed by atoms with Crippen molar-refractivity contribution in [1.29, 1.82) is 0 Å². The number of rotatable bonds is 1. The van der Waals surface area contributed by atoms with Gasteiger partial charge in [0.2, 0.25) is 0 Å². The van der Waals surface area contributed by atoms with Gasteiger partial charge in [0.25, 0.3) is 0 Å². The van der Waals surface area contributed by atoms with E-state index in [4.69, 9.17) is 5.73 Å². The van der Waals surface area contributed by atoms with Gasteiger partial charge in [0, 0.05) is 5.54 Å². The molecule has 4 unspecified atom stereocenters. The quantitative estimate of drug-likeness (QED) is 0.664. The summed E-state index contributed by atoms with van der Waals surface area (Å²) in [5, 5.41) is 0. The molecule has 1 aliphatic carbocycles. The van der Waals surface area contributed by atoms with Gasteiger partial charge in [-0.15, -0.1) is 0 Å². The second kappa shape index (κ2) is 3.61. The zero-order valence-electron chi connectivity index (χ0n) is 9.80. The van der Waals surface area contributed by atoms with Crippen molar-refractivity contribution in [2.45, 2.75) is 53.0 Å². The van der Waals surface area contributed by atoms with Crippen molar-refractivity contribution in [3.05, 3.63) is 0 Å². The third kappa shape index (κ3) is 1.90. The van der Waals surface area contributed by atoms with Crippen LogP contribution in [0, 0.1) is 23.7 Å². The van der Waals surface area contributed by atoms with Gasteiger partial charge in [-0.3, -0.25) is 0 Å². The summed E-state index contributed by atoms with van der Waals surface area (Å²) < 4.78 is 0. The van der Waals surface area contributed by atoms with E-state index in [1.54, 1.807) is 0 Å². The summed E-state index contributed by atoms with van der Waals surface area (Å²) in [5.74, 6) is 3.11. The standard InChI is InChI=1S/C12H25N/c1-6-11-10(4)9(3)8(2)7-12(11,5)13/h8-11H,6-7,13H2,1-5H3/t8?,9?,10?,11?,12-/m0/s1. The summed E-state index contributed by atoms with van der Waals surface area (Å²) in [4.78, 5) is 0. The van der Waals surface area contributed by atoms with Crippen molar-refractivity contribution in [2.75, 3.05) is 0 Å². The van der Waals surface area contributed by atoms with Gasteiger partial charge in [-0.2, -0.15) is 0 Å². The molecule has 1 nitrogen and oxygen atoms in total. The van der Waals surface area contributed by atoms with Crippen LogP contribution in [0.15, 0.2) is 0 Å². The highest BCUT2D eigenvalue weighted by molar-refractivity contribution is 4.97. The van der Waals surface area contributed by atoms with E-state index < -0.39 is 0 Å². The van der Waals surface area contributed by atoms with Gasteiger partial charge < -0.3 is 5.73 Å². The Morgan fingerprint density at radius 2 is 1.77 bits per heavy atom. The van der Waals surface area contributed by atoms with E-state index in [0.717, 1.165) is 17.8 Å². The van der Waals surface area contributed by atoms with Crippen LogP contribution in [0.3, 0.4) is 0 Å². The summed E-state index contributed by atoms with van der Waals surface area (Å²) in [6.07, 6.45) is 2.42. The largest absolute Gasteiger partial charge is 0.325 e. The van der Waals surface area contributed by atoms with Crippen molar-refractivity contribution in [2.24, 2.45) is 29.4 Å². The van der Waals surface area contributed by atoms with E-state index in [0.29, 0.717) is 5.92 Å². The van der Waals surface area contributed by atoms with Gasteiger partial charge in [-0.05, 0) is 37.0 Å². The molecule has 0 heterocycles. The topological polar surface area (TPSA) is 26.0 Å². The molecule has 1 saturated carbocycles. The molecule has 0 spiro atoms. The van der Waals surface area contributed by atoms with E-state index in [2.05, 4.69) is 34.6 Å². The Labute approximate surface area is 83.1 Å². The fourth-order valence-corrected chi connectivity index (χ4v) is 3.35. The molecule has 13 heavy (non-hydrogen) atoms. The van der Waals surface area contributed by atoms with Crippen molar-refractivity contribution >= 4 is 0 Å². The number of hydrogen-bond donors (Lipinski definition) is 1. The minimum atomic E-state index is 0.0695. The summed E-state index contributed by atoms with van der Waals surface area (Å²) >= 11 is 0. The summed E-state index contributed by atoms with van der Waals surface area (Å²) in [6.45, 7) is 11.6. The molecule has 0 aliphatic heterocycles. The van der Waals surface area contributed by atoms with Crippen LogP contribution in [0.4, 0.5) is 0 Å². The average molecular weight is 183 g/mol. The fraction of sp³-hybridized carbons (Fsp3) is 1.00. The predicted octanol–water partition coefficient (Wildman–Crippen LogP) is 3.04. The van der Waals surface area contributed by atoms with Crippen molar-refractivity contribution in [3.63, 3.8) is 0 Å². The van der Waals surface area contributed by atoms with Crippen molar-refractivity contribution < 1.29 is 0 Å². The Morgan fingerprint density at radius 3 is 2.23 bits per heavy atom. The SMILES string of the molecule is CCC1C(C)C(C)C(C)C[C@]1(C)N. The van der Waals surface area contributed by atoms with Crippen LogP contribution in [0.1, 0.15) is 47.5 Å². The molecule has 1 heteroatoms. The van der Waals surface area contributed by atoms with Crippen molar-refractivity contribution in [1.82, 2.24) is 0 Å². The molecule has 1 aliphatic rings. The first-order valence-electron chi connectivity index (χ1n) is 5.69. The molecule has 0 aromatic carbocycles. The molecular weight excluding hydrogens is 158 g/mol. The first-order chi connectivity index (χ1) is 5.90. The second-order valence-electron chi connectivity index (χ2n) is 5.42. The molecule has 78 valence electrons. The molecule has 1 rings (SSSR count). The second-order valence-corrected chi connectivity index (χ2v) is 5.42. The fourth-order valence-electron chi connectivity index (χ4n) is 3.35. The van der Waals surface area contributed by atoms with E-state index in [-0.39, 0.29) is 5.54 Å². The average Bonchev–Trinajstić information content (AvgIpc) is 2.00. The molecule has 0 aromatic rings. The Kier molecular flexibility index (Phi) is 3.06. The summed E-state index contributed by atoms with van der Waals surface area (Å²) in [6, 6.07) is 0. The third-order valence-corrected chi connectivity index (χ3v) is 4.41. The first-order valence-corrected chi connectivity index (χ1v) is 5.69. The first kappa shape index (κ1) is 11.0. The lowest BCUT2D eigenvalue weighted by Crippen LogP contribution is -2.53. The number of nitrogens with two attached hydrogens (primary N) is 1. The van der Waals surface area contributed by atoms with Crippen LogP contribution in [0.2, 0.25) is 0 Å². The highest BCUT2D eigenvalue weighted by Crippen LogP contribution is 2.44. The Balaban J connectivity index is 2.82. The maximum absolute atomic E-state index is 6.38. The van der Waals surface area contributed by atoms with Gasteiger partial charge in [0.1, 0.15) is 0 Å². The zero-order valence-corrected chi connectivity index (χ0v) is 9.80. The van der Waals surface area contributed by atoms with Crippen LogP contribution in [-0.4, -0.2) is 5.54 Å². The molecule has 0 radical (unpaired) electrons.